The summed E-state index contributed by atoms with van der Waals surface area (Å²) < 4.78 is 40.2. The fraction of sp³-hybridized carbons (Fsp3) is 0.167. The Balaban J connectivity index is 1.61. The van der Waals surface area contributed by atoms with Crippen LogP contribution in [0.4, 0.5) is 24.5 Å². The van der Waals surface area contributed by atoms with E-state index in [9.17, 15) is 22.8 Å². The highest BCUT2D eigenvalue weighted by Gasteiger charge is 2.60. The molecule has 0 radical (unpaired) electrons. The average molecular weight is 438 g/mol. The van der Waals surface area contributed by atoms with Gasteiger partial charge in [-0.3, -0.25) is 14.4 Å². The molecule has 2 saturated heterocycles. The number of halogens is 3. The smallest absolute Gasteiger partial charge is 0.273 e. The van der Waals surface area contributed by atoms with E-state index in [4.69, 9.17) is 4.84 Å². The van der Waals surface area contributed by atoms with Crippen molar-refractivity contribution in [1.82, 2.24) is 0 Å². The number of hydrogen-bond donors (Lipinski definition) is 0. The molecule has 32 heavy (non-hydrogen) atoms. The summed E-state index contributed by atoms with van der Waals surface area (Å²) in [6, 6.07) is 21.0. The number of para-hydroxylation sites is 2. The number of carbonyl (C=O) groups is 2. The number of hydrogen-bond acceptors (Lipinski definition) is 4. The zero-order valence-corrected chi connectivity index (χ0v) is 16.6. The lowest BCUT2D eigenvalue weighted by Gasteiger charge is -2.29. The minimum Gasteiger partial charge on any atom is -0.273 e. The van der Waals surface area contributed by atoms with Crippen molar-refractivity contribution in [3.05, 3.63) is 96.1 Å². The van der Waals surface area contributed by atoms with Gasteiger partial charge in [0.05, 0.1) is 23.0 Å². The van der Waals surface area contributed by atoms with Gasteiger partial charge in [0.15, 0.2) is 6.10 Å². The topological polar surface area (TPSA) is 49.9 Å². The second-order valence-corrected chi connectivity index (χ2v) is 7.63. The van der Waals surface area contributed by atoms with Crippen molar-refractivity contribution in [2.45, 2.75) is 18.3 Å². The number of nitrogens with zero attached hydrogens (tertiary/aromatic N) is 2. The predicted molar refractivity (Wildman–Crippen MR) is 110 cm³/mol. The van der Waals surface area contributed by atoms with Gasteiger partial charge in [-0.25, -0.2) is 9.96 Å². The molecule has 0 bridgehead atoms. The first kappa shape index (κ1) is 20.3. The summed E-state index contributed by atoms with van der Waals surface area (Å²) in [7, 11) is 0. The summed E-state index contributed by atoms with van der Waals surface area (Å²) in [5.41, 5.74) is 0.348. The first-order chi connectivity index (χ1) is 15.4. The number of alkyl halides is 3. The largest absolute Gasteiger partial charge is 0.416 e. The van der Waals surface area contributed by atoms with Crippen LogP contribution in [0.3, 0.4) is 0 Å². The molecule has 0 N–H and O–H groups in total. The van der Waals surface area contributed by atoms with E-state index in [0.717, 1.165) is 17.0 Å². The van der Waals surface area contributed by atoms with Gasteiger partial charge < -0.3 is 0 Å². The second-order valence-electron chi connectivity index (χ2n) is 7.63. The lowest BCUT2D eigenvalue weighted by Crippen LogP contribution is -2.37. The molecule has 5 rings (SSSR count). The van der Waals surface area contributed by atoms with E-state index in [2.05, 4.69) is 0 Å². The summed E-state index contributed by atoms with van der Waals surface area (Å²) >= 11 is 0. The van der Waals surface area contributed by atoms with Crippen molar-refractivity contribution >= 4 is 23.2 Å². The van der Waals surface area contributed by atoms with E-state index in [1.165, 1.54) is 17.2 Å². The average Bonchev–Trinajstić information content (AvgIpc) is 3.30. The van der Waals surface area contributed by atoms with Crippen LogP contribution in [0.5, 0.6) is 0 Å². The Bertz CT molecular complexity index is 1170. The molecular formula is C24H17F3N2O3. The molecule has 0 saturated carbocycles. The number of anilines is 2. The molecule has 3 aromatic carbocycles. The zero-order valence-electron chi connectivity index (χ0n) is 16.6. The number of imide groups is 1. The molecule has 3 aromatic rings. The van der Waals surface area contributed by atoms with Crippen LogP contribution in [0, 0.1) is 5.92 Å². The van der Waals surface area contributed by atoms with Gasteiger partial charge in [0.25, 0.3) is 5.91 Å². The van der Waals surface area contributed by atoms with Crippen molar-refractivity contribution in [3.63, 3.8) is 0 Å². The van der Waals surface area contributed by atoms with Crippen LogP contribution in [0.25, 0.3) is 0 Å². The van der Waals surface area contributed by atoms with Crippen LogP contribution in [-0.2, 0) is 20.6 Å². The lowest BCUT2D eigenvalue weighted by molar-refractivity contribution is -0.137. The number of carbonyl (C=O) groups excluding carboxylic acids is 2. The maximum absolute atomic E-state index is 13.4. The highest BCUT2D eigenvalue weighted by atomic mass is 19.4. The summed E-state index contributed by atoms with van der Waals surface area (Å²) in [5, 5.41) is 1.38. The van der Waals surface area contributed by atoms with Gasteiger partial charge in [-0.05, 0) is 42.0 Å². The SMILES string of the molecule is O=C1[C@@H]2[C@@H](ON(c3ccccc3)[C@H]2c2cccc(C(F)(F)F)c2)C(=O)N1c1ccccc1. The summed E-state index contributed by atoms with van der Waals surface area (Å²) in [6.07, 6.45) is -5.68. The molecule has 0 unspecified atom stereocenters. The quantitative estimate of drug-likeness (QED) is 0.554. The van der Waals surface area contributed by atoms with Crippen LogP contribution < -0.4 is 9.96 Å². The number of benzene rings is 3. The molecule has 3 atom stereocenters. The highest BCUT2D eigenvalue weighted by Crippen LogP contribution is 2.48. The van der Waals surface area contributed by atoms with Crippen molar-refractivity contribution in [3.8, 4) is 0 Å². The molecule has 2 aliphatic rings. The van der Waals surface area contributed by atoms with Crippen molar-refractivity contribution in [1.29, 1.82) is 0 Å². The van der Waals surface area contributed by atoms with E-state index >= 15 is 0 Å². The van der Waals surface area contributed by atoms with Gasteiger partial charge >= 0.3 is 6.18 Å². The minimum absolute atomic E-state index is 0.243. The monoisotopic (exact) mass is 438 g/mol. The molecule has 162 valence electrons. The predicted octanol–water partition coefficient (Wildman–Crippen LogP) is 4.76. The Hall–Kier alpha value is -3.65. The van der Waals surface area contributed by atoms with Crippen LogP contribution in [0.2, 0.25) is 0 Å². The van der Waals surface area contributed by atoms with E-state index in [0.29, 0.717) is 11.4 Å². The Kier molecular flexibility index (Phi) is 4.74. The van der Waals surface area contributed by atoms with Crippen molar-refractivity contribution in [2.24, 2.45) is 5.92 Å². The molecule has 2 fully saturated rings. The van der Waals surface area contributed by atoms with Gasteiger partial charge in [0.1, 0.15) is 5.92 Å². The normalized spacial score (nSPS) is 23.0. The number of hydroxylamine groups is 1. The second kappa shape index (κ2) is 7.49. The third-order valence-electron chi connectivity index (χ3n) is 5.70. The van der Waals surface area contributed by atoms with Crippen LogP contribution >= 0.6 is 0 Å². The molecule has 0 spiro atoms. The third-order valence-corrected chi connectivity index (χ3v) is 5.70. The maximum atomic E-state index is 13.4. The van der Waals surface area contributed by atoms with E-state index in [-0.39, 0.29) is 5.56 Å². The standard InChI is InChI=1S/C24H17F3N2O3/c25-24(26,27)16-9-7-8-15(14-16)20-19-21(32-29(20)18-12-5-2-6-13-18)23(31)28(22(19)30)17-10-3-1-4-11-17/h1-14,19-21H/t19-,20-,21+/m0/s1. The van der Waals surface area contributed by atoms with Crippen molar-refractivity contribution < 1.29 is 27.6 Å². The van der Waals surface area contributed by atoms with E-state index < -0.39 is 41.6 Å². The van der Waals surface area contributed by atoms with Gasteiger partial charge in [0.2, 0.25) is 5.91 Å². The Morgan fingerprint density at radius 1 is 0.750 bits per heavy atom. The molecule has 0 aromatic heterocycles. The van der Waals surface area contributed by atoms with E-state index in [1.807, 2.05) is 0 Å². The number of rotatable bonds is 3. The fourth-order valence-electron chi connectivity index (χ4n) is 4.28. The Morgan fingerprint density at radius 2 is 1.38 bits per heavy atom. The summed E-state index contributed by atoms with van der Waals surface area (Å²) in [4.78, 5) is 33.6. The molecule has 5 nitrogen and oxygen atoms in total. The minimum atomic E-state index is -4.54. The first-order valence-electron chi connectivity index (χ1n) is 9.97. The Morgan fingerprint density at radius 3 is 2.00 bits per heavy atom. The molecular weight excluding hydrogens is 421 g/mol. The molecule has 2 amide bonds. The van der Waals surface area contributed by atoms with E-state index in [1.54, 1.807) is 60.7 Å². The third kappa shape index (κ3) is 3.23. The maximum Gasteiger partial charge on any atom is 0.416 e. The Labute approximate surface area is 181 Å². The number of amides is 2. The highest BCUT2D eigenvalue weighted by molar-refractivity contribution is 6.23. The summed E-state index contributed by atoms with van der Waals surface area (Å²) in [6.45, 7) is 0. The molecule has 2 heterocycles. The van der Waals surface area contributed by atoms with Crippen LogP contribution in [-0.4, -0.2) is 17.9 Å². The molecule has 0 aliphatic carbocycles. The van der Waals surface area contributed by atoms with Crippen LogP contribution in [0.1, 0.15) is 17.2 Å². The van der Waals surface area contributed by atoms with Crippen LogP contribution in [0.15, 0.2) is 84.9 Å². The zero-order chi connectivity index (χ0) is 22.5. The van der Waals surface area contributed by atoms with Gasteiger partial charge in [0, 0.05) is 0 Å². The van der Waals surface area contributed by atoms with Gasteiger partial charge in [-0.1, -0.05) is 48.5 Å². The first-order valence-corrected chi connectivity index (χ1v) is 9.97. The molecule has 2 aliphatic heterocycles. The molecule has 8 heteroatoms. The summed E-state index contributed by atoms with van der Waals surface area (Å²) in [5.74, 6) is -2.04. The van der Waals surface area contributed by atoms with Gasteiger partial charge in [-0.2, -0.15) is 13.2 Å². The van der Waals surface area contributed by atoms with Gasteiger partial charge in [-0.15, -0.1) is 0 Å². The van der Waals surface area contributed by atoms with Crippen molar-refractivity contribution in [2.75, 3.05) is 9.96 Å². The lowest BCUT2D eigenvalue weighted by atomic mass is 9.89. The number of fused-ring (bicyclic) bond motifs is 1. The fourth-order valence-corrected chi connectivity index (χ4v) is 4.28.